The summed E-state index contributed by atoms with van der Waals surface area (Å²) in [6.07, 6.45) is -1.70. The Kier molecular flexibility index (Phi) is 7.70. The van der Waals surface area contributed by atoms with Gasteiger partial charge < -0.3 is 14.4 Å². The van der Waals surface area contributed by atoms with Crippen molar-refractivity contribution in [2.24, 2.45) is 0 Å². The molecule has 13 heteroatoms. The summed E-state index contributed by atoms with van der Waals surface area (Å²) in [5.41, 5.74) is 2.13. The third-order valence-electron chi connectivity index (χ3n) is 5.37. The fourth-order valence-electron chi connectivity index (χ4n) is 3.79. The van der Waals surface area contributed by atoms with Crippen LogP contribution < -0.4 is 4.74 Å². The zero-order chi connectivity index (χ0) is 25.9. The molecule has 0 amide bonds. The van der Waals surface area contributed by atoms with Gasteiger partial charge in [0.15, 0.2) is 5.82 Å². The number of benzene rings is 2. The predicted molar refractivity (Wildman–Crippen MR) is 126 cm³/mol. The number of alkyl halides is 3. The van der Waals surface area contributed by atoms with E-state index in [-0.39, 0.29) is 18.6 Å². The number of nitrogens with zero attached hydrogens (tertiary/aromatic N) is 5. The number of fused-ring (bicyclic) bond motifs is 1. The molecule has 0 fully saturated rings. The van der Waals surface area contributed by atoms with Crippen LogP contribution in [-0.2, 0) is 24.3 Å². The van der Waals surface area contributed by atoms with Gasteiger partial charge in [-0.25, -0.2) is 0 Å². The van der Waals surface area contributed by atoms with E-state index in [0.29, 0.717) is 58.3 Å². The lowest BCUT2D eigenvalue weighted by molar-refractivity contribution is -0.274. The van der Waals surface area contributed by atoms with Gasteiger partial charge in [0.2, 0.25) is 0 Å². The molecule has 36 heavy (non-hydrogen) atoms. The van der Waals surface area contributed by atoms with Crippen molar-refractivity contribution in [3.05, 3.63) is 69.6 Å². The van der Waals surface area contributed by atoms with Gasteiger partial charge in [0, 0.05) is 46.5 Å². The lowest BCUT2D eigenvalue weighted by Gasteiger charge is -2.10. The van der Waals surface area contributed by atoms with Crippen molar-refractivity contribution < 1.29 is 27.8 Å². The molecule has 8 nitrogen and oxygen atoms in total. The van der Waals surface area contributed by atoms with E-state index >= 15 is 0 Å². The highest BCUT2D eigenvalue weighted by atomic mass is 35.5. The molecule has 1 N–H and O–H groups in total. The SMILES string of the molecule is O=C(O)CCCCn1nnc(Cc2cn(Cc3ccc(Cl)cc3Cl)c3ccc(OC(F)(F)F)cc23)n1. The topological polar surface area (TPSA) is 95.1 Å². The molecule has 0 aliphatic rings. The van der Waals surface area contributed by atoms with E-state index in [1.807, 2.05) is 4.57 Å². The lowest BCUT2D eigenvalue weighted by Crippen LogP contribution is -2.17. The van der Waals surface area contributed by atoms with Gasteiger partial charge in [-0.2, -0.15) is 4.80 Å². The Morgan fingerprint density at radius 3 is 2.61 bits per heavy atom. The number of ether oxygens (including phenoxy) is 1. The number of carboxylic acid groups (broad SMARTS) is 1. The van der Waals surface area contributed by atoms with E-state index < -0.39 is 12.3 Å². The number of carbonyl (C=O) groups is 1. The summed E-state index contributed by atoms with van der Waals surface area (Å²) >= 11 is 12.3. The molecule has 4 rings (SSSR count). The molecule has 0 aliphatic carbocycles. The number of aromatic nitrogens is 5. The van der Waals surface area contributed by atoms with Gasteiger partial charge in [-0.05, 0) is 59.5 Å². The van der Waals surface area contributed by atoms with E-state index in [1.165, 1.54) is 16.9 Å². The van der Waals surface area contributed by atoms with Crippen LogP contribution in [0.3, 0.4) is 0 Å². The Bertz CT molecular complexity index is 1390. The van der Waals surface area contributed by atoms with Crippen LogP contribution in [-0.4, -0.2) is 42.2 Å². The van der Waals surface area contributed by atoms with Crippen molar-refractivity contribution in [1.82, 2.24) is 24.8 Å². The first-order chi connectivity index (χ1) is 17.1. The molecule has 0 saturated heterocycles. The molecule has 0 saturated carbocycles. The lowest BCUT2D eigenvalue weighted by atomic mass is 10.1. The maximum absolute atomic E-state index is 12.8. The zero-order valence-electron chi connectivity index (χ0n) is 18.7. The second kappa shape index (κ2) is 10.8. The fourth-order valence-corrected chi connectivity index (χ4v) is 4.26. The van der Waals surface area contributed by atoms with Crippen molar-refractivity contribution >= 4 is 40.1 Å². The van der Waals surface area contributed by atoms with Crippen LogP contribution in [0.1, 0.15) is 36.2 Å². The summed E-state index contributed by atoms with van der Waals surface area (Å²) in [7, 11) is 0. The summed E-state index contributed by atoms with van der Waals surface area (Å²) in [5, 5.41) is 22.6. The van der Waals surface area contributed by atoms with Crippen LogP contribution in [0, 0.1) is 0 Å². The van der Waals surface area contributed by atoms with Crippen LogP contribution in [0.25, 0.3) is 10.9 Å². The third-order valence-corrected chi connectivity index (χ3v) is 5.95. The molecule has 2 heterocycles. The number of carboxylic acids is 1. The molecule has 4 aromatic rings. The van der Waals surface area contributed by atoms with Gasteiger partial charge in [-0.15, -0.1) is 23.4 Å². The monoisotopic (exact) mass is 541 g/mol. The number of aliphatic carboxylic acids is 1. The molecule has 0 unspecified atom stereocenters. The fraction of sp³-hybridized carbons (Fsp3) is 0.304. The number of tetrazole rings is 1. The number of unbranched alkanes of at least 4 members (excludes halogenated alkanes) is 1. The van der Waals surface area contributed by atoms with Gasteiger partial charge in [0.1, 0.15) is 5.75 Å². The van der Waals surface area contributed by atoms with Crippen LogP contribution in [0.5, 0.6) is 5.75 Å². The highest BCUT2D eigenvalue weighted by Crippen LogP contribution is 2.32. The van der Waals surface area contributed by atoms with Crippen molar-refractivity contribution in [2.45, 2.75) is 45.1 Å². The first-order valence-corrected chi connectivity index (χ1v) is 11.6. The average Bonchev–Trinajstić information content (AvgIpc) is 3.36. The summed E-state index contributed by atoms with van der Waals surface area (Å²) in [5.74, 6) is -0.833. The third kappa shape index (κ3) is 6.67. The van der Waals surface area contributed by atoms with Crippen LogP contribution in [0.2, 0.25) is 10.0 Å². The average molecular weight is 542 g/mol. The largest absolute Gasteiger partial charge is 0.573 e. The van der Waals surface area contributed by atoms with Crippen LogP contribution in [0.4, 0.5) is 13.2 Å². The van der Waals surface area contributed by atoms with E-state index in [0.717, 1.165) is 5.56 Å². The zero-order valence-corrected chi connectivity index (χ0v) is 20.2. The number of aryl methyl sites for hydroxylation is 1. The van der Waals surface area contributed by atoms with E-state index in [2.05, 4.69) is 20.1 Å². The van der Waals surface area contributed by atoms with Crippen molar-refractivity contribution in [2.75, 3.05) is 0 Å². The summed E-state index contributed by atoms with van der Waals surface area (Å²) < 4.78 is 44.4. The maximum Gasteiger partial charge on any atom is 0.573 e. The van der Waals surface area contributed by atoms with Crippen LogP contribution >= 0.6 is 23.2 Å². The molecule has 0 spiro atoms. The summed E-state index contributed by atoms with van der Waals surface area (Å²) in [6.45, 7) is 0.760. The van der Waals surface area contributed by atoms with E-state index in [4.69, 9.17) is 28.3 Å². The van der Waals surface area contributed by atoms with Crippen molar-refractivity contribution in [3.8, 4) is 5.75 Å². The second-order valence-corrected chi connectivity index (χ2v) is 8.92. The molecular weight excluding hydrogens is 522 g/mol. The quantitative estimate of drug-likeness (QED) is 0.258. The van der Waals surface area contributed by atoms with Crippen LogP contribution in [0.15, 0.2) is 42.6 Å². The smallest absolute Gasteiger partial charge is 0.481 e. The second-order valence-electron chi connectivity index (χ2n) is 8.07. The number of halogens is 5. The maximum atomic E-state index is 12.8. The molecule has 190 valence electrons. The highest BCUT2D eigenvalue weighted by molar-refractivity contribution is 6.35. The molecular formula is C23H20Cl2F3N5O3. The first kappa shape index (κ1) is 25.8. The first-order valence-electron chi connectivity index (χ1n) is 10.9. The van der Waals surface area contributed by atoms with Crippen molar-refractivity contribution in [3.63, 3.8) is 0 Å². The molecule has 0 bridgehead atoms. The Morgan fingerprint density at radius 1 is 1.08 bits per heavy atom. The Hall–Kier alpha value is -3.31. The number of hydrogen-bond acceptors (Lipinski definition) is 5. The molecule has 0 atom stereocenters. The van der Waals surface area contributed by atoms with Gasteiger partial charge >= 0.3 is 12.3 Å². The van der Waals surface area contributed by atoms with Gasteiger partial charge in [0.25, 0.3) is 0 Å². The normalized spacial score (nSPS) is 11.8. The van der Waals surface area contributed by atoms with E-state index in [9.17, 15) is 18.0 Å². The minimum atomic E-state index is -4.82. The minimum absolute atomic E-state index is 0.0566. The molecule has 0 aliphatic heterocycles. The Morgan fingerprint density at radius 2 is 1.89 bits per heavy atom. The number of hydrogen-bond donors (Lipinski definition) is 1. The Labute approximate surface area is 213 Å². The standard InChI is InChI=1S/C23H20Cl2F3N5O3/c24-16-5-4-14(19(25)10-16)12-32-13-15(18-11-17(6-7-20(18)32)36-23(26,27)28)9-21-29-31-33(30-21)8-2-1-3-22(34)35/h4-7,10-11,13H,1-3,8-9,12H2,(H,34,35). The summed E-state index contributed by atoms with van der Waals surface area (Å²) in [6, 6.07) is 9.26. The molecule has 0 radical (unpaired) electrons. The molecule has 2 aromatic carbocycles. The number of rotatable bonds is 10. The van der Waals surface area contributed by atoms with Gasteiger partial charge in [0.05, 0.1) is 6.54 Å². The predicted octanol–water partition coefficient (Wildman–Crippen LogP) is 5.73. The Balaban J connectivity index is 1.62. The van der Waals surface area contributed by atoms with E-state index in [1.54, 1.807) is 30.5 Å². The van der Waals surface area contributed by atoms with Crippen molar-refractivity contribution in [1.29, 1.82) is 0 Å². The summed E-state index contributed by atoms with van der Waals surface area (Å²) in [4.78, 5) is 12.0. The molecule has 2 aromatic heterocycles. The highest BCUT2D eigenvalue weighted by Gasteiger charge is 2.31. The van der Waals surface area contributed by atoms with Gasteiger partial charge in [-0.3, -0.25) is 4.79 Å². The van der Waals surface area contributed by atoms with Gasteiger partial charge in [-0.1, -0.05) is 29.3 Å². The minimum Gasteiger partial charge on any atom is -0.481 e.